The second-order valence-corrected chi connectivity index (χ2v) is 3.99. The summed E-state index contributed by atoms with van der Waals surface area (Å²) in [4.78, 5) is 12.1. The van der Waals surface area contributed by atoms with Crippen LogP contribution in [0.4, 0.5) is 9.80 Å². The number of primary amides is 1. The maximum atomic E-state index is 11.0. The van der Waals surface area contributed by atoms with E-state index in [2.05, 4.69) is 6.04 Å². The fourth-order valence-corrected chi connectivity index (χ4v) is 2.35. The Morgan fingerprint density at radius 2 is 2.20 bits per heavy atom. The Morgan fingerprint density at radius 3 is 2.80 bits per heavy atom. The zero-order chi connectivity index (χ0) is 10.8. The third-order valence-corrected chi connectivity index (χ3v) is 3.08. The molecular formula is C11H8N2OS. The van der Waals surface area contributed by atoms with Gasteiger partial charge in [0.15, 0.2) is 0 Å². The maximum absolute atomic E-state index is 11.0. The van der Waals surface area contributed by atoms with Crippen LogP contribution in [-0.4, -0.2) is 6.03 Å². The van der Waals surface area contributed by atoms with Crippen LogP contribution in [-0.2, 0) is 0 Å². The Kier molecular flexibility index (Phi) is 2.32. The number of benzene rings is 1. The lowest BCUT2D eigenvalue weighted by atomic mass is 10.3. The molecule has 2 rings (SSSR count). The average Bonchev–Trinajstić information content (AvgIpc) is 2.61. The van der Waals surface area contributed by atoms with Crippen molar-refractivity contribution in [3.63, 3.8) is 0 Å². The first-order valence-electron chi connectivity index (χ1n) is 4.27. The molecule has 0 unspecified atom stereocenters. The summed E-state index contributed by atoms with van der Waals surface area (Å²) in [6, 6.07) is 11.3. The molecule has 2 N–H and O–H groups in total. The molecule has 0 spiro atoms. The van der Waals surface area contributed by atoms with Gasteiger partial charge in [0.25, 0.3) is 0 Å². The van der Waals surface area contributed by atoms with Gasteiger partial charge in [0.05, 0.1) is 0 Å². The molecule has 0 aliphatic rings. The number of amides is 2. The lowest BCUT2D eigenvalue weighted by molar-refractivity contribution is 0.256. The van der Waals surface area contributed by atoms with Crippen LogP contribution in [0.25, 0.3) is 10.1 Å². The van der Waals surface area contributed by atoms with Crippen molar-refractivity contribution in [3.8, 4) is 12.5 Å². The summed E-state index contributed by atoms with van der Waals surface area (Å²) in [5, 5.41) is 1.73. The quantitative estimate of drug-likeness (QED) is 0.577. The summed E-state index contributed by atoms with van der Waals surface area (Å²) < 4.78 is 1.08. The standard InChI is InChI=1S/C11H8N2OS/c1-2-13(11(12)14)10-7-8-5-3-4-6-9(8)15-10/h1,3-7H,(H2,12,14). The number of nitrogens with zero attached hydrogens (tertiary/aromatic N) is 1. The number of hydrogen-bond acceptors (Lipinski definition) is 2. The van der Waals surface area contributed by atoms with Crippen LogP contribution in [0.5, 0.6) is 0 Å². The highest BCUT2D eigenvalue weighted by molar-refractivity contribution is 7.23. The monoisotopic (exact) mass is 216 g/mol. The summed E-state index contributed by atoms with van der Waals surface area (Å²) in [6.45, 7) is 0. The van der Waals surface area contributed by atoms with E-state index in [4.69, 9.17) is 12.2 Å². The second kappa shape index (κ2) is 3.64. The van der Waals surface area contributed by atoms with Crippen molar-refractivity contribution in [2.75, 3.05) is 4.90 Å². The van der Waals surface area contributed by atoms with E-state index >= 15 is 0 Å². The molecule has 2 aromatic rings. The molecule has 0 radical (unpaired) electrons. The van der Waals surface area contributed by atoms with Crippen molar-refractivity contribution in [3.05, 3.63) is 30.3 Å². The zero-order valence-corrected chi connectivity index (χ0v) is 8.62. The molecule has 0 saturated heterocycles. The minimum Gasteiger partial charge on any atom is -0.350 e. The number of nitrogens with two attached hydrogens (primary N) is 1. The van der Waals surface area contributed by atoms with Crippen molar-refractivity contribution in [2.45, 2.75) is 0 Å². The third-order valence-electron chi connectivity index (χ3n) is 1.98. The molecule has 0 atom stereocenters. The fourth-order valence-electron chi connectivity index (χ4n) is 1.31. The largest absolute Gasteiger partial charge is 0.350 e. The molecule has 15 heavy (non-hydrogen) atoms. The van der Waals surface area contributed by atoms with Crippen LogP contribution in [0, 0.1) is 12.5 Å². The number of hydrogen-bond donors (Lipinski definition) is 1. The van der Waals surface area contributed by atoms with E-state index in [1.165, 1.54) is 11.3 Å². The van der Waals surface area contributed by atoms with Gasteiger partial charge in [0, 0.05) is 10.7 Å². The summed E-state index contributed by atoms with van der Waals surface area (Å²) in [5.41, 5.74) is 5.15. The van der Waals surface area contributed by atoms with Crippen molar-refractivity contribution < 1.29 is 4.79 Å². The fraction of sp³-hybridized carbons (Fsp3) is 0. The molecule has 3 nitrogen and oxygen atoms in total. The average molecular weight is 216 g/mol. The van der Waals surface area contributed by atoms with Gasteiger partial charge in [-0.2, -0.15) is 0 Å². The highest BCUT2D eigenvalue weighted by Gasteiger charge is 2.12. The summed E-state index contributed by atoms with van der Waals surface area (Å²) in [7, 11) is 0. The summed E-state index contributed by atoms with van der Waals surface area (Å²) in [5.74, 6) is 0. The molecule has 4 heteroatoms. The maximum Gasteiger partial charge on any atom is 0.331 e. The molecule has 0 fully saturated rings. The molecule has 1 aromatic heterocycles. The number of carbonyl (C=O) groups excluding carboxylic acids is 1. The van der Waals surface area contributed by atoms with Gasteiger partial charge in [-0.15, -0.1) is 11.3 Å². The van der Waals surface area contributed by atoms with Gasteiger partial charge < -0.3 is 5.73 Å². The van der Waals surface area contributed by atoms with Crippen LogP contribution in [0.1, 0.15) is 0 Å². The Bertz CT molecular complexity index is 520. The SMILES string of the molecule is C#CN(C(N)=O)c1cc2ccccc2s1. The minimum atomic E-state index is -0.635. The van der Waals surface area contributed by atoms with E-state index in [-0.39, 0.29) is 0 Å². The molecule has 1 aromatic carbocycles. The Balaban J connectivity index is 2.53. The molecule has 2 amide bonds. The summed E-state index contributed by atoms with van der Waals surface area (Å²) >= 11 is 1.44. The predicted molar refractivity (Wildman–Crippen MR) is 62.7 cm³/mol. The molecule has 0 bridgehead atoms. The first-order valence-corrected chi connectivity index (χ1v) is 5.08. The number of rotatable bonds is 1. The molecule has 74 valence electrons. The van der Waals surface area contributed by atoms with Crippen molar-refractivity contribution >= 4 is 32.5 Å². The lowest BCUT2D eigenvalue weighted by Crippen LogP contribution is -2.30. The van der Waals surface area contributed by atoms with Crippen molar-refractivity contribution in [1.29, 1.82) is 0 Å². The highest BCUT2D eigenvalue weighted by Crippen LogP contribution is 2.31. The number of anilines is 1. The van der Waals surface area contributed by atoms with Crippen molar-refractivity contribution in [1.82, 2.24) is 0 Å². The Morgan fingerprint density at radius 1 is 1.47 bits per heavy atom. The van der Waals surface area contributed by atoms with Crippen LogP contribution < -0.4 is 10.6 Å². The molecule has 0 aliphatic carbocycles. The molecular weight excluding hydrogens is 208 g/mol. The molecule has 0 aliphatic heterocycles. The first kappa shape index (κ1) is 9.56. The van der Waals surface area contributed by atoms with Crippen molar-refractivity contribution in [2.24, 2.45) is 5.73 Å². The number of terminal acetylenes is 1. The minimum absolute atomic E-state index is 0.635. The van der Waals surface area contributed by atoms with E-state index in [1.54, 1.807) is 0 Å². The summed E-state index contributed by atoms with van der Waals surface area (Å²) in [6.07, 6.45) is 5.21. The number of urea groups is 1. The first-order chi connectivity index (χ1) is 7.22. The topological polar surface area (TPSA) is 46.3 Å². The number of carbonyl (C=O) groups is 1. The van der Waals surface area contributed by atoms with E-state index in [0.717, 1.165) is 15.0 Å². The van der Waals surface area contributed by atoms with E-state index in [0.29, 0.717) is 5.00 Å². The normalized spacial score (nSPS) is 9.80. The Labute approximate surface area is 91.1 Å². The van der Waals surface area contributed by atoms with Gasteiger partial charge in [-0.05, 0) is 17.5 Å². The van der Waals surface area contributed by atoms with Gasteiger partial charge in [-0.3, -0.25) is 0 Å². The molecule has 0 saturated carbocycles. The number of fused-ring (bicyclic) bond motifs is 1. The van der Waals surface area contributed by atoms with Gasteiger partial charge in [0.2, 0.25) is 0 Å². The Hall–Kier alpha value is -1.99. The highest BCUT2D eigenvalue weighted by atomic mass is 32.1. The van der Waals surface area contributed by atoms with E-state index in [9.17, 15) is 4.79 Å². The van der Waals surface area contributed by atoms with Crippen LogP contribution in [0.15, 0.2) is 30.3 Å². The van der Waals surface area contributed by atoms with E-state index in [1.807, 2.05) is 30.3 Å². The van der Waals surface area contributed by atoms with Gasteiger partial charge in [-0.1, -0.05) is 24.6 Å². The molecule has 1 heterocycles. The number of thiophene rings is 1. The van der Waals surface area contributed by atoms with Crippen LogP contribution in [0.2, 0.25) is 0 Å². The predicted octanol–water partition coefficient (Wildman–Crippen LogP) is 2.38. The second-order valence-electron chi connectivity index (χ2n) is 2.93. The zero-order valence-electron chi connectivity index (χ0n) is 7.81. The third kappa shape index (κ3) is 1.65. The smallest absolute Gasteiger partial charge is 0.331 e. The van der Waals surface area contributed by atoms with E-state index < -0.39 is 6.03 Å². The van der Waals surface area contributed by atoms with Crippen LogP contribution in [0.3, 0.4) is 0 Å². The lowest BCUT2D eigenvalue weighted by Gasteiger charge is -2.07. The van der Waals surface area contributed by atoms with Gasteiger partial charge >= 0.3 is 6.03 Å². The van der Waals surface area contributed by atoms with Crippen LogP contribution >= 0.6 is 11.3 Å². The van der Waals surface area contributed by atoms with Gasteiger partial charge in [0.1, 0.15) is 5.00 Å². The van der Waals surface area contributed by atoms with Gasteiger partial charge in [-0.25, -0.2) is 9.69 Å².